The van der Waals surface area contributed by atoms with Crippen LogP contribution in [-0.2, 0) is 0 Å². The highest BCUT2D eigenvalue weighted by Crippen LogP contribution is 2.49. The topological polar surface area (TPSA) is 9.23 Å². The second kappa shape index (κ2) is 12.6. The van der Waals surface area contributed by atoms with Crippen molar-refractivity contribution in [3.63, 3.8) is 0 Å². The fourth-order valence-corrected chi connectivity index (χ4v) is 7.64. The summed E-state index contributed by atoms with van der Waals surface area (Å²) in [6.45, 7) is 2.31. The monoisotopic (exact) mass is 456 g/mol. The molecule has 0 spiro atoms. The van der Waals surface area contributed by atoms with Crippen molar-refractivity contribution in [3.05, 3.63) is 29.6 Å². The Bertz CT molecular complexity index is 707. The minimum Gasteiger partial charge on any atom is -0.497 e. The fourth-order valence-electron chi connectivity index (χ4n) is 7.64. The molecule has 186 valence electrons. The zero-order valence-corrected chi connectivity index (χ0v) is 21.5. The average molecular weight is 457 g/mol. The Morgan fingerprint density at radius 2 is 1.42 bits per heavy atom. The lowest BCUT2D eigenvalue weighted by molar-refractivity contribution is 0.108. The van der Waals surface area contributed by atoms with Gasteiger partial charge in [-0.15, -0.1) is 0 Å². The summed E-state index contributed by atoms with van der Waals surface area (Å²) in [5, 5.41) is 0. The van der Waals surface area contributed by atoms with Gasteiger partial charge in [-0.05, 0) is 79.2 Å². The second-order valence-corrected chi connectivity index (χ2v) is 11.9. The summed E-state index contributed by atoms with van der Waals surface area (Å²) in [5.41, 5.74) is 0.928. The van der Waals surface area contributed by atoms with Gasteiger partial charge in [-0.2, -0.15) is 0 Å². The van der Waals surface area contributed by atoms with Crippen LogP contribution in [0.3, 0.4) is 0 Å². The maximum absolute atomic E-state index is 14.6. The van der Waals surface area contributed by atoms with Crippen LogP contribution in [0.5, 0.6) is 5.75 Å². The van der Waals surface area contributed by atoms with Crippen molar-refractivity contribution in [1.82, 2.24) is 0 Å². The number of benzene rings is 1. The summed E-state index contributed by atoms with van der Waals surface area (Å²) in [7, 11) is 1.61. The molecule has 4 unspecified atom stereocenters. The molecule has 3 aliphatic rings. The summed E-state index contributed by atoms with van der Waals surface area (Å²) < 4.78 is 19.8. The van der Waals surface area contributed by atoms with E-state index in [0.717, 1.165) is 35.2 Å². The van der Waals surface area contributed by atoms with E-state index in [-0.39, 0.29) is 5.82 Å². The molecule has 0 bridgehead atoms. The number of halogens is 1. The first-order valence-corrected chi connectivity index (χ1v) is 14.5. The molecule has 1 nitrogen and oxygen atoms in total. The van der Waals surface area contributed by atoms with Crippen LogP contribution in [0.25, 0.3) is 0 Å². The molecule has 0 N–H and O–H groups in total. The first-order chi connectivity index (χ1) is 16.2. The predicted molar refractivity (Wildman–Crippen MR) is 137 cm³/mol. The van der Waals surface area contributed by atoms with Crippen molar-refractivity contribution in [1.29, 1.82) is 0 Å². The molecule has 3 saturated carbocycles. The number of hydrogen-bond acceptors (Lipinski definition) is 1. The van der Waals surface area contributed by atoms with Gasteiger partial charge in [0.05, 0.1) is 7.11 Å². The second-order valence-electron chi connectivity index (χ2n) is 11.9. The van der Waals surface area contributed by atoms with E-state index in [1.165, 1.54) is 109 Å². The van der Waals surface area contributed by atoms with E-state index in [1.807, 2.05) is 12.1 Å². The first-order valence-electron chi connectivity index (χ1n) is 14.5. The molecule has 4 rings (SSSR count). The summed E-state index contributed by atoms with van der Waals surface area (Å²) in [6.07, 6.45) is 24.1. The van der Waals surface area contributed by atoms with Crippen LogP contribution in [-0.4, -0.2) is 7.11 Å². The summed E-state index contributed by atoms with van der Waals surface area (Å²) in [5.74, 6) is 5.72. The molecule has 4 atom stereocenters. The first kappa shape index (κ1) is 25.1. The Morgan fingerprint density at radius 3 is 2.15 bits per heavy atom. The number of methoxy groups -OCH3 is 1. The minimum absolute atomic E-state index is 0.0674. The van der Waals surface area contributed by atoms with Gasteiger partial charge < -0.3 is 4.74 Å². The molecule has 0 aliphatic heterocycles. The lowest BCUT2D eigenvalue weighted by Crippen LogP contribution is -2.31. The molecule has 1 aromatic carbocycles. The van der Waals surface area contributed by atoms with Crippen LogP contribution >= 0.6 is 0 Å². The van der Waals surface area contributed by atoms with Crippen molar-refractivity contribution in [2.45, 2.75) is 122 Å². The molecule has 3 fully saturated rings. The van der Waals surface area contributed by atoms with E-state index in [0.29, 0.717) is 11.7 Å². The fraction of sp³-hybridized carbons (Fsp3) is 0.806. The third-order valence-electron chi connectivity index (χ3n) is 9.78. The zero-order chi connectivity index (χ0) is 23.0. The van der Waals surface area contributed by atoms with Crippen molar-refractivity contribution in [2.75, 3.05) is 7.11 Å². The lowest BCUT2D eigenvalue weighted by atomic mass is 9.63. The molecule has 33 heavy (non-hydrogen) atoms. The third-order valence-corrected chi connectivity index (χ3v) is 9.78. The van der Waals surface area contributed by atoms with Crippen LogP contribution in [0.15, 0.2) is 18.2 Å². The Morgan fingerprint density at radius 1 is 0.758 bits per heavy atom. The van der Waals surface area contributed by atoms with E-state index in [1.54, 1.807) is 13.2 Å². The third kappa shape index (κ3) is 6.98. The predicted octanol–water partition coefficient (Wildman–Crippen LogP) is 9.69. The van der Waals surface area contributed by atoms with E-state index < -0.39 is 0 Å². The van der Waals surface area contributed by atoms with Gasteiger partial charge in [0.1, 0.15) is 11.6 Å². The van der Waals surface area contributed by atoms with E-state index >= 15 is 0 Å². The Balaban J connectivity index is 1.15. The van der Waals surface area contributed by atoms with Crippen molar-refractivity contribution in [2.24, 2.45) is 29.6 Å². The minimum atomic E-state index is -0.0674. The molecule has 1 aromatic rings. The quantitative estimate of drug-likeness (QED) is 0.318. The highest BCUT2D eigenvalue weighted by Gasteiger charge is 2.36. The summed E-state index contributed by atoms with van der Waals surface area (Å²) in [6, 6.07) is 5.48. The largest absolute Gasteiger partial charge is 0.497 e. The van der Waals surface area contributed by atoms with Gasteiger partial charge in [0.2, 0.25) is 0 Å². The average Bonchev–Trinajstić information content (AvgIpc) is 2.85. The van der Waals surface area contributed by atoms with E-state index in [2.05, 4.69) is 6.92 Å². The molecule has 0 amide bonds. The normalized spacial score (nSPS) is 32.3. The van der Waals surface area contributed by atoms with Crippen molar-refractivity contribution >= 4 is 0 Å². The summed E-state index contributed by atoms with van der Waals surface area (Å²) >= 11 is 0. The van der Waals surface area contributed by atoms with Crippen LogP contribution < -0.4 is 4.74 Å². The molecule has 2 heteroatoms. The molecular weight excluding hydrogens is 407 g/mol. The smallest absolute Gasteiger partial charge is 0.130 e. The van der Waals surface area contributed by atoms with E-state index in [9.17, 15) is 4.39 Å². The molecular formula is C31H49FO. The Kier molecular flexibility index (Phi) is 9.56. The maximum atomic E-state index is 14.6. The lowest BCUT2D eigenvalue weighted by Gasteiger charge is -2.43. The van der Waals surface area contributed by atoms with Crippen LogP contribution in [0.1, 0.15) is 128 Å². The van der Waals surface area contributed by atoms with Crippen molar-refractivity contribution in [3.8, 4) is 5.75 Å². The number of unbranched alkanes of at least 4 members (excludes halogenated alkanes) is 3. The Labute approximate surface area is 203 Å². The van der Waals surface area contributed by atoms with Gasteiger partial charge in [-0.25, -0.2) is 4.39 Å². The Hall–Kier alpha value is -1.05. The van der Waals surface area contributed by atoms with Crippen molar-refractivity contribution < 1.29 is 9.13 Å². The van der Waals surface area contributed by atoms with Gasteiger partial charge in [0.25, 0.3) is 0 Å². The maximum Gasteiger partial charge on any atom is 0.130 e. The van der Waals surface area contributed by atoms with Crippen LogP contribution in [0, 0.1) is 35.4 Å². The van der Waals surface area contributed by atoms with Gasteiger partial charge in [0.15, 0.2) is 0 Å². The highest BCUT2D eigenvalue weighted by atomic mass is 19.1. The number of rotatable bonds is 10. The molecule has 0 aromatic heterocycles. The zero-order valence-electron chi connectivity index (χ0n) is 21.5. The highest BCUT2D eigenvalue weighted by molar-refractivity contribution is 5.31. The molecule has 0 saturated heterocycles. The van der Waals surface area contributed by atoms with E-state index in [4.69, 9.17) is 4.74 Å². The summed E-state index contributed by atoms with van der Waals surface area (Å²) in [4.78, 5) is 0. The number of ether oxygens (including phenoxy) is 1. The van der Waals surface area contributed by atoms with Gasteiger partial charge in [0, 0.05) is 6.07 Å². The molecule has 3 aliphatic carbocycles. The molecule has 0 radical (unpaired) electrons. The number of fused-ring (bicyclic) bond motifs is 1. The SMILES string of the molecule is CCCCCCC1CCC(CCC2CCC3CC(c4ccc(OC)cc4F)CCC3C2)CC1. The number of hydrogen-bond donors (Lipinski definition) is 0. The van der Waals surface area contributed by atoms with Crippen LogP contribution in [0.4, 0.5) is 4.39 Å². The van der Waals surface area contributed by atoms with Gasteiger partial charge in [-0.3, -0.25) is 0 Å². The van der Waals surface area contributed by atoms with Crippen LogP contribution in [0.2, 0.25) is 0 Å². The van der Waals surface area contributed by atoms with Gasteiger partial charge in [-0.1, -0.05) is 90.0 Å². The van der Waals surface area contributed by atoms with Gasteiger partial charge >= 0.3 is 0 Å². The standard InChI is InChI=1S/C31H49FO/c1-3-4-5-6-7-23-8-10-24(11-9-23)12-13-25-14-15-27-21-28(17-16-26(27)20-25)30-19-18-29(33-2)22-31(30)32/h18-19,22-28H,3-17,20-21H2,1-2H3. The molecule has 0 heterocycles.